The first kappa shape index (κ1) is 21.7. The molecule has 4 aromatic rings. The average Bonchev–Trinajstić information content (AvgIpc) is 3.54. The molecule has 1 aliphatic heterocycles. The number of ether oxygens (including phenoxy) is 1. The van der Waals surface area contributed by atoms with Crippen LogP contribution >= 0.6 is 0 Å². The molecule has 2 aromatic heterocycles. The van der Waals surface area contributed by atoms with Crippen LogP contribution < -0.4 is 5.43 Å². The molecule has 5 rings (SSSR count). The number of aromatic nitrogens is 2. The second-order valence-corrected chi connectivity index (χ2v) is 8.03. The summed E-state index contributed by atoms with van der Waals surface area (Å²) in [5, 5.41) is 5.17. The zero-order chi connectivity index (χ0) is 23.3. The zero-order valence-electron chi connectivity index (χ0n) is 18.6. The van der Waals surface area contributed by atoms with Crippen molar-refractivity contribution in [3.63, 3.8) is 0 Å². The minimum Gasteiger partial charge on any atom is -0.378 e. The topological polar surface area (TPSA) is 80.9 Å². The van der Waals surface area contributed by atoms with Gasteiger partial charge in [0.2, 0.25) is 5.91 Å². The number of carbonyl (C=O) groups excluding carboxylic acids is 2. The van der Waals surface area contributed by atoms with Crippen LogP contribution in [0.1, 0.15) is 15.9 Å². The largest absolute Gasteiger partial charge is 0.378 e. The van der Waals surface area contributed by atoms with Crippen molar-refractivity contribution in [2.75, 3.05) is 26.3 Å². The number of hydrogen-bond donors (Lipinski definition) is 1. The molecule has 2 amide bonds. The van der Waals surface area contributed by atoms with Gasteiger partial charge in [-0.2, -0.15) is 5.10 Å². The Kier molecular flexibility index (Phi) is 6.22. The lowest BCUT2D eigenvalue weighted by atomic mass is 10.1. The molecule has 2 aromatic carbocycles. The van der Waals surface area contributed by atoms with Gasteiger partial charge in [0.05, 0.1) is 30.7 Å². The number of amides is 2. The van der Waals surface area contributed by atoms with Crippen molar-refractivity contribution >= 4 is 28.9 Å². The molecule has 172 valence electrons. The summed E-state index contributed by atoms with van der Waals surface area (Å²) in [6.07, 6.45) is 7.30. The summed E-state index contributed by atoms with van der Waals surface area (Å²) < 4.78 is 9.16. The highest BCUT2D eigenvalue weighted by atomic mass is 16.5. The van der Waals surface area contributed by atoms with Crippen molar-refractivity contribution in [1.29, 1.82) is 0 Å². The summed E-state index contributed by atoms with van der Waals surface area (Å²) in [6.45, 7) is 2.61. The van der Waals surface area contributed by atoms with E-state index in [-0.39, 0.29) is 18.4 Å². The van der Waals surface area contributed by atoms with Gasteiger partial charge in [0.15, 0.2) is 0 Å². The Hall–Kier alpha value is -4.17. The van der Waals surface area contributed by atoms with E-state index in [0.717, 1.165) is 22.2 Å². The molecular weight excluding hydrogens is 430 g/mol. The highest BCUT2D eigenvalue weighted by Crippen LogP contribution is 2.20. The van der Waals surface area contributed by atoms with Crippen molar-refractivity contribution in [1.82, 2.24) is 19.5 Å². The van der Waals surface area contributed by atoms with Crippen LogP contribution in [0.25, 0.3) is 16.6 Å². The summed E-state index contributed by atoms with van der Waals surface area (Å²) in [6, 6.07) is 19.0. The first-order valence-electron chi connectivity index (χ1n) is 11.2. The minimum atomic E-state index is -0.299. The maximum Gasteiger partial charge on any atom is 0.273 e. The van der Waals surface area contributed by atoms with Gasteiger partial charge in [-0.05, 0) is 30.3 Å². The Morgan fingerprint density at radius 3 is 2.53 bits per heavy atom. The van der Waals surface area contributed by atoms with Crippen molar-refractivity contribution in [2.45, 2.75) is 6.54 Å². The van der Waals surface area contributed by atoms with Gasteiger partial charge in [-0.3, -0.25) is 9.59 Å². The second-order valence-electron chi connectivity index (χ2n) is 8.03. The van der Waals surface area contributed by atoms with E-state index < -0.39 is 0 Å². The van der Waals surface area contributed by atoms with E-state index in [1.54, 1.807) is 12.3 Å². The van der Waals surface area contributed by atoms with E-state index >= 15 is 0 Å². The summed E-state index contributed by atoms with van der Waals surface area (Å²) in [4.78, 5) is 27.4. The molecule has 0 bridgehead atoms. The van der Waals surface area contributed by atoms with Gasteiger partial charge < -0.3 is 18.8 Å². The molecule has 0 radical (unpaired) electrons. The molecule has 1 saturated heterocycles. The maximum absolute atomic E-state index is 12.8. The number of fused-ring (bicyclic) bond motifs is 1. The normalized spacial score (nSPS) is 14.1. The van der Waals surface area contributed by atoms with Crippen LogP contribution in [-0.4, -0.2) is 58.4 Å². The number of benzene rings is 2. The lowest BCUT2D eigenvalue weighted by Gasteiger charge is -2.27. The fraction of sp³-hybridized carbons (Fsp3) is 0.192. The van der Waals surface area contributed by atoms with E-state index in [4.69, 9.17) is 4.74 Å². The van der Waals surface area contributed by atoms with Gasteiger partial charge in [0, 0.05) is 48.1 Å². The number of nitrogens with zero attached hydrogens (tertiary/aromatic N) is 4. The lowest BCUT2D eigenvalue weighted by Crippen LogP contribution is -2.42. The third kappa shape index (κ3) is 4.49. The first-order chi connectivity index (χ1) is 16.7. The molecule has 3 heterocycles. The van der Waals surface area contributed by atoms with E-state index in [1.165, 1.54) is 0 Å². The summed E-state index contributed by atoms with van der Waals surface area (Å²) in [7, 11) is 0. The van der Waals surface area contributed by atoms with Crippen molar-refractivity contribution < 1.29 is 14.3 Å². The van der Waals surface area contributed by atoms with Crippen LogP contribution in [-0.2, 0) is 16.1 Å². The van der Waals surface area contributed by atoms with Crippen molar-refractivity contribution in [2.24, 2.45) is 5.10 Å². The predicted octanol–water partition coefficient (Wildman–Crippen LogP) is 3.05. The Bertz CT molecular complexity index is 1330. The average molecular weight is 456 g/mol. The highest BCUT2D eigenvalue weighted by Gasteiger charge is 2.18. The molecule has 8 heteroatoms. The molecule has 0 saturated carbocycles. The van der Waals surface area contributed by atoms with Crippen molar-refractivity contribution in [3.05, 3.63) is 90.4 Å². The van der Waals surface area contributed by atoms with E-state index in [0.29, 0.717) is 31.9 Å². The standard InChI is InChI=1S/C26H25N5O3/c32-25(30-13-15-34-16-14-30)19-31-18-20(21-7-1-3-9-23(21)31)17-27-28-26(33)22-8-2-4-10-24(22)29-11-5-6-12-29/h1-12,17-18H,13-16,19H2,(H,28,33)/b27-17-. The van der Waals surface area contributed by atoms with Gasteiger partial charge in [-0.25, -0.2) is 5.43 Å². The molecule has 1 fully saturated rings. The molecule has 1 N–H and O–H groups in total. The van der Waals surface area contributed by atoms with E-state index in [9.17, 15) is 9.59 Å². The molecule has 34 heavy (non-hydrogen) atoms. The van der Waals surface area contributed by atoms with Crippen LogP contribution in [0.3, 0.4) is 0 Å². The van der Waals surface area contributed by atoms with E-state index in [2.05, 4.69) is 10.5 Å². The third-order valence-corrected chi connectivity index (χ3v) is 5.89. The third-order valence-electron chi connectivity index (χ3n) is 5.89. The highest BCUT2D eigenvalue weighted by molar-refractivity contribution is 6.01. The van der Waals surface area contributed by atoms with Gasteiger partial charge in [-0.15, -0.1) is 0 Å². The van der Waals surface area contributed by atoms with Gasteiger partial charge in [0.25, 0.3) is 5.91 Å². The Balaban J connectivity index is 1.34. The predicted molar refractivity (Wildman–Crippen MR) is 130 cm³/mol. The van der Waals surface area contributed by atoms with Gasteiger partial charge >= 0.3 is 0 Å². The Labute approximate surface area is 197 Å². The summed E-state index contributed by atoms with van der Waals surface area (Å²) in [5.41, 5.74) is 5.70. The number of carbonyl (C=O) groups is 2. The van der Waals surface area contributed by atoms with Crippen LogP contribution in [0, 0.1) is 0 Å². The number of morpholine rings is 1. The van der Waals surface area contributed by atoms with Crippen LogP contribution in [0.4, 0.5) is 0 Å². The van der Waals surface area contributed by atoms with Crippen LogP contribution in [0.15, 0.2) is 84.4 Å². The summed E-state index contributed by atoms with van der Waals surface area (Å²) in [5.74, 6) is -0.241. The zero-order valence-corrected chi connectivity index (χ0v) is 18.6. The quantitative estimate of drug-likeness (QED) is 0.358. The van der Waals surface area contributed by atoms with Gasteiger partial charge in [-0.1, -0.05) is 30.3 Å². The molecule has 8 nitrogen and oxygen atoms in total. The molecule has 0 unspecified atom stereocenters. The first-order valence-corrected chi connectivity index (χ1v) is 11.2. The second kappa shape index (κ2) is 9.76. The summed E-state index contributed by atoms with van der Waals surface area (Å²) >= 11 is 0. The number of nitrogens with one attached hydrogen (secondary N) is 1. The molecule has 0 atom stereocenters. The fourth-order valence-electron chi connectivity index (χ4n) is 4.17. The van der Waals surface area contributed by atoms with Crippen LogP contribution in [0.5, 0.6) is 0 Å². The smallest absolute Gasteiger partial charge is 0.273 e. The molecule has 1 aliphatic rings. The molecular formula is C26H25N5O3. The number of hydrazone groups is 1. The molecule has 0 spiro atoms. The maximum atomic E-state index is 12.8. The van der Waals surface area contributed by atoms with Crippen molar-refractivity contribution in [3.8, 4) is 5.69 Å². The van der Waals surface area contributed by atoms with Gasteiger partial charge in [0.1, 0.15) is 6.54 Å². The molecule has 0 aliphatic carbocycles. The lowest BCUT2D eigenvalue weighted by molar-refractivity contribution is -0.135. The monoisotopic (exact) mass is 455 g/mol. The Morgan fingerprint density at radius 2 is 1.71 bits per heavy atom. The number of rotatable bonds is 6. The van der Waals surface area contributed by atoms with E-state index in [1.807, 2.05) is 87.2 Å². The number of hydrogen-bond acceptors (Lipinski definition) is 4. The number of para-hydroxylation sites is 2. The minimum absolute atomic E-state index is 0.0578. The van der Waals surface area contributed by atoms with Crippen LogP contribution in [0.2, 0.25) is 0 Å². The SMILES string of the molecule is O=C(N/N=C\c1cn(CC(=O)N2CCOCC2)c2ccccc12)c1ccccc1-n1cccc1. The Morgan fingerprint density at radius 1 is 0.971 bits per heavy atom. The fourth-order valence-corrected chi connectivity index (χ4v) is 4.17.